The third kappa shape index (κ3) is 14.9. The number of β-amino-alcohol motifs (C(OH)–C–C–N with tert-alkyl or cyclic N) is 1. The molecule has 2 aromatic heterocycles. The molecular weight excluding hydrogens is 1010 g/mol. The molecule has 0 spiro atoms. The number of ketones is 1. The van der Waals surface area contributed by atoms with Crippen LogP contribution < -0.4 is 20.9 Å². The second-order valence-corrected chi connectivity index (χ2v) is 20.7. The highest BCUT2D eigenvalue weighted by atomic mass is 32.1. The van der Waals surface area contributed by atoms with Crippen LogP contribution in [-0.2, 0) is 56.0 Å². The molecule has 5 aromatic rings. The van der Waals surface area contributed by atoms with Crippen LogP contribution in [0.2, 0.25) is 0 Å². The summed E-state index contributed by atoms with van der Waals surface area (Å²) in [6.07, 6.45) is -0.358. The van der Waals surface area contributed by atoms with Gasteiger partial charge in [-0.15, -0.1) is 11.3 Å². The first-order chi connectivity index (χ1) is 36.3. The summed E-state index contributed by atoms with van der Waals surface area (Å²) < 4.78 is 49.4. The van der Waals surface area contributed by atoms with E-state index in [1.165, 1.54) is 9.80 Å². The van der Waals surface area contributed by atoms with Crippen LogP contribution >= 0.6 is 11.3 Å². The maximum atomic E-state index is 13.9. The van der Waals surface area contributed by atoms with Gasteiger partial charge in [0.05, 0.1) is 67.5 Å². The van der Waals surface area contributed by atoms with Crippen molar-refractivity contribution in [1.82, 2.24) is 30.8 Å². The average molecular weight is 1070 g/mol. The fourth-order valence-electron chi connectivity index (χ4n) is 8.92. The molecule has 2 aliphatic heterocycles. The van der Waals surface area contributed by atoms with E-state index in [-0.39, 0.29) is 89.8 Å². The number of aliphatic hydroxyl groups excluding tert-OH is 1. The molecule has 19 nitrogen and oxygen atoms in total. The van der Waals surface area contributed by atoms with E-state index in [0.29, 0.717) is 54.6 Å². The number of ether oxygens (including phenoxy) is 4. The Hall–Kier alpha value is -6.53. The number of carbonyl (C=O) groups is 6. The minimum Gasteiger partial charge on any atom is -0.391 e. The zero-order valence-electron chi connectivity index (χ0n) is 43.0. The second-order valence-electron chi connectivity index (χ2n) is 19.8. The lowest BCUT2D eigenvalue weighted by Crippen LogP contribution is -2.58. The summed E-state index contributed by atoms with van der Waals surface area (Å²) in [6.45, 7) is 8.76. The highest BCUT2D eigenvalue weighted by Gasteiger charge is 2.52. The Morgan fingerprint density at radius 1 is 0.868 bits per heavy atom. The zero-order valence-corrected chi connectivity index (χ0v) is 43.8. The number of benzene rings is 3. The number of aryl methyl sites for hydroxylation is 1. The normalized spacial score (nSPS) is 18.1. The molecule has 408 valence electrons. The number of hydrogen-bond acceptors (Lipinski definition) is 14. The van der Waals surface area contributed by atoms with Crippen LogP contribution in [0.25, 0.3) is 21.3 Å². The van der Waals surface area contributed by atoms with E-state index in [9.17, 15) is 47.8 Å². The molecule has 1 unspecified atom stereocenters. The first-order valence-electron chi connectivity index (χ1n) is 25.1. The maximum Gasteiger partial charge on any atom is 0.268 e. The van der Waals surface area contributed by atoms with Crippen LogP contribution in [0.5, 0.6) is 0 Å². The molecule has 5 amide bonds. The maximum absolute atomic E-state index is 13.9. The molecule has 2 saturated heterocycles. The summed E-state index contributed by atoms with van der Waals surface area (Å²) in [5.41, 5.74) is 3.12. The number of aliphatic hydroxyl groups is 2. The molecule has 0 bridgehead atoms. The summed E-state index contributed by atoms with van der Waals surface area (Å²) in [7, 11) is 0. The van der Waals surface area contributed by atoms with Crippen LogP contribution in [0.3, 0.4) is 0 Å². The van der Waals surface area contributed by atoms with Crippen molar-refractivity contribution in [2.24, 2.45) is 5.41 Å². The van der Waals surface area contributed by atoms with Gasteiger partial charge in [0.2, 0.25) is 23.3 Å². The van der Waals surface area contributed by atoms with E-state index >= 15 is 0 Å². The highest BCUT2D eigenvalue weighted by molar-refractivity contribution is 7.13. The smallest absolute Gasteiger partial charge is 0.268 e. The molecule has 0 saturated carbocycles. The van der Waals surface area contributed by atoms with Gasteiger partial charge in [-0.1, -0.05) is 45.0 Å². The quantitative estimate of drug-likeness (QED) is 0.0254. The Bertz CT molecular complexity index is 2840. The number of Topliss-reactive ketones (excluding diaryl/α,β-unsaturated/α-hetero) is 1. The molecule has 76 heavy (non-hydrogen) atoms. The van der Waals surface area contributed by atoms with Crippen molar-refractivity contribution in [2.45, 2.75) is 90.3 Å². The Morgan fingerprint density at radius 2 is 1.53 bits per heavy atom. The van der Waals surface area contributed by atoms with E-state index in [1.54, 1.807) is 61.9 Å². The average Bonchev–Trinajstić information content (AvgIpc) is 4.20. The fourth-order valence-corrected chi connectivity index (χ4v) is 9.73. The van der Waals surface area contributed by atoms with Crippen LogP contribution in [0.15, 0.2) is 72.2 Å². The number of fused-ring (bicyclic) bond motifs is 1. The molecule has 2 fully saturated rings. The van der Waals surface area contributed by atoms with Crippen LogP contribution in [-0.4, -0.2) is 150 Å². The molecule has 4 heterocycles. The number of halogens is 2. The fraction of sp³-hybridized carbons (Fsp3) is 0.463. The Morgan fingerprint density at radius 3 is 2.18 bits per heavy atom. The molecular formula is C54H65F2N7O12S. The summed E-state index contributed by atoms with van der Waals surface area (Å²) in [5.74, 6) is -4.99. The third-order valence-corrected chi connectivity index (χ3v) is 14.0. The van der Waals surface area contributed by atoms with Gasteiger partial charge >= 0.3 is 0 Å². The van der Waals surface area contributed by atoms with E-state index in [1.807, 2.05) is 31.2 Å². The van der Waals surface area contributed by atoms with Gasteiger partial charge in [0, 0.05) is 74.7 Å². The van der Waals surface area contributed by atoms with Crippen LogP contribution in [0.1, 0.15) is 73.8 Å². The minimum absolute atomic E-state index is 0.0389. The van der Waals surface area contributed by atoms with Crippen molar-refractivity contribution >= 4 is 63.2 Å². The SMILES string of the molecule is Cc1ncsc1-c1ccc(CNC(=O)[C@@H]2C[C@@H](O)CN2C(=O)[C@@H](NC(=O)COCCOCCOCCOCCCC(=O)c2cc3cc(N4CCC(O)(C(=O)NCc5cc(F)cc(F)c5)C4=O)ccc3[nH]2)C(C)(C)C)cc1. The standard InChI is InChI=1S/C54H65F2N7O12S/c1-33-47(76-32-59-33)36-9-7-34(8-10-36)28-57-49(67)44-27-41(64)30-63(44)50(68)48(53(2,3)4)61-46(66)31-75-21-20-74-19-18-73-17-16-72-15-5-6-45(65)43-25-37-24-40(11-12-42(37)60-43)62-14-13-54(71,52(62)70)51(69)58-29-35-22-38(55)26-39(56)23-35/h7-12,22-26,32,41,44,48,60,64,71H,5-6,13-21,27-31H2,1-4H3,(H,57,67)(H,58,69)(H,61,66)/t41-,44+,48-,54?/m1/s1. The molecule has 22 heteroatoms. The number of nitrogens with zero attached hydrogens (tertiary/aromatic N) is 3. The first kappa shape index (κ1) is 57.2. The van der Waals surface area contributed by atoms with Gasteiger partial charge in [-0.25, -0.2) is 13.8 Å². The van der Waals surface area contributed by atoms with E-state index in [2.05, 4.69) is 25.9 Å². The molecule has 3 aromatic carbocycles. The second kappa shape index (κ2) is 26.0. The molecule has 0 aliphatic carbocycles. The number of hydrogen-bond donors (Lipinski definition) is 6. The van der Waals surface area contributed by atoms with Crippen molar-refractivity contribution in [3.63, 3.8) is 0 Å². The van der Waals surface area contributed by atoms with E-state index in [4.69, 9.17) is 18.9 Å². The molecule has 7 rings (SSSR count). The molecule has 4 atom stereocenters. The molecule has 0 radical (unpaired) electrons. The number of rotatable bonds is 26. The predicted octanol–water partition coefficient (Wildman–Crippen LogP) is 4.50. The van der Waals surface area contributed by atoms with Crippen LogP contribution in [0.4, 0.5) is 14.5 Å². The van der Waals surface area contributed by atoms with Gasteiger partial charge in [-0.3, -0.25) is 28.8 Å². The van der Waals surface area contributed by atoms with Gasteiger partial charge in [0.1, 0.15) is 30.3 Å². The van der Waals surface area contributed by atoms with Crippen molar-refractivity contribution in [1.29, 1.82) is 0 Å². The predicted molar refractivity (Wildman–Crippen MR) is 277 cm³/mol. The van der Waals surface area contributed by atoms with Gasteiger partial charge in [0.25, 0.3) is 11.8 Å². The number of thiazole rings is 1. The number of likely N-dealkylation sites (tertiary alicyclic amines) is 1. The molecule has 2 aliphatic rings. The summed E-state index contributed by atoms with van der Waals surface area (Å²) in [6, 6.07) is 15.3. The number of aromatic amines is 1. The Balaban J connectivity index is 0.725. The summed E-state index contributed by atoms with van der Waals surface area (Å²) >= 11 is 1.56. The lowest BCUT2D eigenvalue weighted by atomic mass is 9.85. The first-order valence-corrected chi connectivity index (χ1v) is 26.0. The highest BCUT2D eigenvalue weighted by Crippen LogP contribution is 2.32. The van der Waals surface area contributed by atoms with Gasteiger partial charge in [0.15, 0.2) is 5.78 Å². The number of aromatic nitrogens is 2. The summed E-state index contributed by atoms with van der Waals surface area (Å²) in [5, 5.41) is 30.3. The minimum atomic E-state index is -2.37. The Labute approximate surface area is 442 Å². The monoisotopic (exact) mass is 1070 g/mol. The van der Waals surface area contributed by atoms with E-state index in [0.717, 1.165) is 33.8 Å². The number of H-pyrrole nitrogens is 1. The third-order valence-electron chi connectivity index (χ3n) is 13.0. The lowest BCUT2D eigenvalue weighted by Gasteiger charge is -2.35. The molecule has 6 N–H and O–H groups in total. The lowest BCUT2D eigenvalue weighted by molar-refractivity contribution is -0.149. The largest absolute Gasteiger partial charge is 0.391 e. The van der Waals surface area contributed by atoms with Crippen molar-refractivity contribution in [3.05, 3.63) is 106 Å². The summed E-state index contributed by atoms with van der Waals surface area (Å²) in [4.78, 5) is 90.6. The topological polar surface area (TPSA) is 251 Å². The number of carbonyl (C=O) groups excluding carboxylic acids is 6. The van der Waals surface area contributed by atoms with Crippen molar-refractivity contribution < 1.29 is 66.7 Å². The van der Waals surface area contributed by atoms with Gasteiger partial charge in [-0.2, -0.15) is 0 Å². The Kier molecular flexibility index (Phi) is 19.6. The zero-order chi connectivity index (χ0) is 54.6. The van der Waals surface area contributed by atoms with Crippen molar-refractivity contribution in [2.75, 3.05) is 70.8 Å². The van der Waals surface area contributed by atoms with Crippen LogP contribution in [0, 0.1) is 24.0 Å². The number of anilines is 1. The van der Waals surface area contributed by atoms with E-state index < -0.39 is 70.4 Å². The van der Waals surface area contributed by atoms with Gasteiger partial charge in [-0.05, 0) is 71.8 Å². The number of amides is 5. The van der Waals surface area contributed by atoms with Gasteiger partial charge < -0.3 is 59.9 Å². The van der Waals surface area contributed by atoms with Crippen molar-refractivity contribution in [3.8, 4) is 10.4 Å². The number of nitrogens with one attached hydrogen (secondary N) is 4.